The van der Waals surface area contributed by atoms with Crippen molar-refractivity contribution in [1.29, 1.82) is 0 Å². The van der Waals surface area contributed by atoms with Crippen LogP contribution >= 0.6 is 23.2 Å². The second kappa shape index (κ2) is 8.59. The van der Waals surface area contributed by atoms with Crippen molar-refractivity contribution in [1.82, 2.24) is 4.98 Å². The molecule has 0 amide bonds. The van der Waals surface area contributed by atoms with E-state index >= 15 is 0 Å². The van der Waals surface area contributed by atoms with Gasteiger partial charge in [0.05, 0.1) is 44.2 Å². The molecule has 3 rings (SSSR count). The Morgan fingerprint density at radius 3 is 1.57 bits per heavy atom. The van der Waals surface area contributed by atoms with E-state index in [1.165, 1.54) is 36.4 Å². The average Bonchev–Trinajstić information content (AvgIpc) is 2.66. The topological polar surface area (TPSA) is 37.6 Å². The summed E-state index contributed by atoms with van der Waals surface area (Å²) in [4.78, 5) is 13.4. The van der Waals surface area contributed by atoms with Crippen LogP contribution in [0.4, 0.5) is 20.2 Å². The summed E-state index contributed by atoms with van der Waals surface area (Å²) in [6.07, 6.45) is 0. The van der Waals surface area contributed by atoms with Gasteiger partial charge in [0.2, 0.25) is 0 Å². The highest BCUT2D eigenvalue weighted by Crippen LogP contribution is 2.27. The van der Waals surface area contributed by atoms with Crippen LogP contribution in [0.3, 0.4) is 0 Å². The molecule has 0 bridgehead atoms. The molecule has 0 aliphatic heterocycles. The first-order valence-electron chi connectivity index (χ1n) is 8.32. The first kappa shape index (κ1) is 20.1. The average molecular weight is 418 g/mol. The third-order valence-corrected chi connectivity index (χ3v) is 4.49. The van der Waals surface area contributed by atoms with Crippen LogP contribution in [0.25, 0.3) is 0 Å². The number of pyridine rings is 1. The summed E-state index contributed by atoms with van der Waals surface area (Å²) in [7, 11) is 0. The summed E-state index contributed by atoms with van der Waals surface area (Å²) in [6, 6.07) is 13.5. The Labute approximate surface area is 171 Å². The molecule has 3 aromatic rings. The third-order valence-electron chi connectivity index (χ3n) is 3.89. The van der Waals surface area contributed by atoms with Crippen LogP contribution in [-0.2, 0) is 0 Å². The first-order valence-corrected chi connectivity index (χ1v) is 9.07. The van der Waals surface area contributed by atoms with E-state index in [1.54, 1.807) is 26.0 Å². The molecule has 7 heteroatoms. The Morgan fingerprint density at radius 2 is 1.18 bits per heavy atom. The normalized spacial score (nSPS) is 12.4. The van der Waals surface area contributed by atoms with Gasteiger partial charge < -0.3 is 0 Å². The Balaban J connectivity index is 1.93. The molecule has 0 fully saturated rings. The molecule has 0 unspecified atom stereocenters. The van der Waals surface area contributed by atoms with Gasteiger partial charge in [0, 0.05) is 0 Å². The molecule has 1 aromatic heterocycles. The fourth-order valence-electron chi connectivity index (χ4n) is 2.46. The van der Waals surface area contributed by atoms with Crippen molar-refractivity contribution in [3.63, 3.8) is 0 Å². The minimum atomic E-state index is -0.423. The quantitative estimate of drug-likeness (QED) is 0.423. The number of benzene rings is 2. The minimum absolute atomic E-state index is 0.221. The number of halogens is 4. The zero-order valence-corrected chi connectivity index (χ0v) is 16.6. The van der Waals surface area contributed by atoms with E-state index in [0.717, 1.165) is 0 Å². The predicted octanol–water partition coefficient (Wildman–Crippen LogP) is 6.95. The summed E-state index contributed by atoms with van der Waals surface area (Å²) < 4.78 is 26.4. The van der Waals surface area contributed by atoms with Crippen molar-refractivity contribution in [2.45, 2.75) is 13.8 Å². The molecule has 1 heterocycles. The van der Waals surface area contributed by atoms with E-state index in [9.17, 15) is 8.78 Å². The zero-order valence-electron chi connectivity index (χ0n) is 15.0. The van der Waals surface area contributed by atoms with Crippen LogP contribution in [0.1, 0.15) is 25.2 Å². The van der Waals surface area contributed by atoms with Crippen molar-refractivity contribution >= 4 is 46.0 Å². The highest BCUT2D eigenvalue weighted by molar-refractivity contribution is 6.33. The molecule has 0 atom stereocenters. The van der Waals surface area contributed by atoms with E-state index in [1.807, 2.05) is 6.07 Å². The van der Waals surface area contributed by atoms with Gasteiger partial charge in [-0.2, -0.15) is 0 Å². The smallest absolute Gasteiger partial charge is 0.124 e. The van der Waals surface area contributed by atoms with Gasteiger partial charge in [0.1, 0.15) is 11.6 Å². The lowest BCUT2D eigenvalue weighted by Crippen LogP contribution is -2.05. The highest BCUT2D eigenvalue weighted by atomic mass is 35.5. The molecule has 0 saturated carbocycles. The number of nitrogens with zero attached hydrogens (tertiary/aromatic N) is 3. The molecule has 0 N–H and O–H groups in total. The first-order chi connectivity index (χ1) is 13.3. The molecule has 2 aromatic carbocycles. The number of rotatable bonds is 4. The van der Waals surface area contributed by atoms with Gasteiger partial charge in [0.15, 0.2) is 0 Å². The van der Waals surface area contributed by atoms with Crippen molar-refractivity contribution in [3.05, 3.63) is 87.7 Å². The lowest BCUT2D eigenvalue weighted by atomic mass is 10.2. The molecule has 0 aliphatic carbocycles. The van der Waals surface area contributed by atoms with Gasteiger partial charge in [-0.05, 0) is 62.4 Å². The van der Waals surface area contributed by atoms with E-state index < -0.39 is 11.6 Å². The van der Waals surface area contributed by atoms with E-state index in [-0.39, 0.29) is 10.0 Å². The summed E-state index contributed by atoms with van der Waals surface area (Å²) in [5.74, 6) is -0.846. The standard InChI is InChI=1S/C21H15Cl2F2N3/c1-12(26-20-8-6-14(24)10-16(20)22)18-4-3-5-19(28-18)13(2)27-21-9-7-15(25)11-17(21)23/h3-11H,1-2H3. The van der Waals surface area contributed by atoms with Crippen molar-refractivity contribution in [3.8, 4) is 0 Å². The maximum Gasteiger partial charge on any atom is 0.124 e. The maximum atomic E-state index is 13.2. The second-order valence-corrected chi connectivity index (χ2v) is 6.81. The molecule has 142 valence electrons. The third kappa shape index (κ3) is 4.80. The van der Waals surface area contributed by atoms with E-state index in [2.05, 4.69) is 15.0 Å². The number of hydrogen-bond donors (Lipinski definition) is 0. The Hall–Kier alpha value is -2.63. The van der Waals surface area contributed by atoms with Crippen LogP contribution < -0.4 is 0 Å². The van der Waals surface area contributed by atoms with E-state index in [0.29, 0.717) is 34.2 Å². The fraction of sp³-hybridized carbons (Fsp3) is 0.0952. The predicted molar refractivity (Wildman–Crippen MR) is 111 cm³/mol. The number of hydrogen-bond acceptors (Lipinski definition) is 3. The summed E-state index contributed by atoms with van der Waals surface area (Å²) in [5, 5.41) is 0.443. The largest absolute Gasteiger partial charge is 0.250 e. The van der Waals surface area contributed by atoms with Crippen molar-refractivity contribution < 1.29 is 8.78 Å². The van der Waals surface area contributed by atoms with E-state index in [4.69, 9.17) is 23.2 Å². The molecule has 0 spiro atoms. The number of aromatic nitrogens is 1. The molecule has 28 heavy (non-hydrogen) atoms. The van der Waals surface area contributed by atoms with Crippen molar-refractivity contribution in [2.75, 3.05) is 0 Å². The van der Waals surface area contributed by atoms with Gasteiger partial charge in [0.25, 0.3) is 0 Å². The highest BCUT2D eigenvalue weighted by Gasteiger charge is 2.08. The minimum Gasteiger partial charge on any atom is -0.250 e. The molecule has 0 radical (unpaired) electrons. The molecule has 3 nitrogen and oxygen atoms in total. The second-order valence-electron chi connectivity index (χ2n) is 5.99. The summed E-state index contributed by atoms with van der Waals surface area (Å²) in [6.45, 7) is 3.57. The molecular formula is C21H15Cl2F2N3. The summed E-state index contributed by atoms with van der Waals surface area (Å²) in [5.41, 5.74) is 3.38. The van der Waals surface area contributed by atoms with Crippen LogP contribution in [0.15, 0.2) is 64.6 Å². The Kier molecular flexibility index (Phi) is 6.17. The van der Waals surface area contributed by atoms with Gasteiger partial charge in [-0.25, -0.2) is 23.7 Å². The monoisotopic (exact) mass is 417 g/mol. The van der Waals surface area contributed by atoms with Gasteiger partial charge in [-0.3, -0.25) is 0 Å². The van der Waals surface area contributed by atoms with Gasteiger partial charge in [-0.15, -0.1) is 0 Å². The lowest BCUT2D eigenvalue weighted by Gasteiger charge is -2.06. The fourth-order valence-corrected chi connectivity index (χ4v) is 2.88. The summed E-state index contributed by atoms with van der Waals surface area (Å²) >= 11 is 12.1. The molecule has 0 saturated heterocycles. The molecule has 0 aliphatic rings. The van der Waals surface area contributed by atoms with Crippen molar-refractivity contribution in [2.24, 2.45) is 9.98 Å². The number of aliphatic imine (C=N–C) groups is 2. The van der Waals surface area contributed by atoms with Crippen LogP contribution in [0, 0.1) is 11.6 Å². The maximum absolute atomic E-state index is 13.2. The van der Waals surface area contributed by atoms with Crippen LogP contribution in [0.2, 0.25) is 10.0 Å². The Morgan fingerprint density at radius 1 is 0.750 bits per heavy atom. The molecular weight excluding hydrogens is 403 g/mol. The van der Waals surface area contributed by atoms with Crippen LogP contribution in [-0.4, -0.2) is 16.4 Å². The SMILES string of the molecule is CC(=Nc1ccc(F)cc1Cl)c1cccc(C(C)=Nc2ccc(F)cc2Cl)n1. The van der Waals surface area contributed by atoms with Gasteiger partial charge >= 0.3 is 0 Å². The van der Waals surface area contributed by atoms with Crippen LogP contribution in [0.5, 0.6) is 0 Å². The Bertz CT molecular complexity index is 1010. The lowest BCUT2D eigenvalue weighted by molar-refractivity contribution is 0.627. The zero-order chi connectivity index (χ0) is 20.3. The van der Waals surface area contributed by atoms with Gasteiger partial charge in [-0.1, -0.05) is 29.3 Å².